The number of rotatable bonds is 4. The molecule has 0 bridgehead atoms. The normalized spacial score (nSPS) is 17.7. The maximum Gasteiger partial charge on any atom is 0.257 e. The number of nitrogens with zero attached hydrogens (tertiary/aromatic N) is 2. The highest BCUT2D eigenvalue weighted by Crippen LogP contribution is 2.24. The number of aryl methyl sites for hydroxylation is 2. The second-order valence-corrected chi connectivity index (χ2v) is 7.63. The molecular weight excluding hydrogens is 318 g/mol. The van der Waals surface area contributed by atoms with Crippen LogP contribution in [-0.2, 0) is 19.4 Å². The lowest BCUT2D eigenvalue weighted by atomic mass is 10.1. The van der Waals surface area contributed by atoms with Crippen LogP contribution >= 0.6 is 11.3 Å². The number of hydrogen-bond donors (Lipinski definition) is 1. The van der Waals surface area contributed by atoms with Crippen LogP contribution < -0.4 is 5.32 Å². The molecule has 2 aromatic rings. The van der Waals surface area contributed by atoms with Crippen molar-refractivity contribution in [3.63, 3.8) is 0 Å². The fourth-order valence-electron chi connectivity index (χ4n) is 3.67. The van der Waals surface area contributed by atoms with Gasteiger partial charge in [-0.2, -0.15) is 0 Å². The molecule has 1 aliphatic heterocycles. The van der Waals surface area contributed by atoms with Crippen LogP contribution in [0, 0.1) is 0 Å². The van der Waals surface area contributed by atoms with Gasteiger partial charge in [0.05, 0.1) is 5.69 Å². The van der Waals surface area contributed by atoms with Gasteiger partial charge in [-0.15, -0.1) is 11.3 Å². The molecule has 0 atom stereocenters. The van der Waals surface area contributed by atoms with E-state index in [0.29, 0.717) is 5.13 Å². The van der Waals surface area contributed by atoms with Crippen molar-refractivity contribution in [3.05, 3.63) is 46.0 Å². The van der Waals surface area contributed by atoms with Crippen LogP contribution in [0.25, 0.3) is 0 Å². The summed E-state index contributed by atoms with van der Waals surface area (Å²) >= 11 is 1.52. The first-order chi connectivity index (χ1) is 11.8. The van der Waals surface area contributed by atoms with Gasteiger partial charge in [0.2, 0.25) is 0 Å². The van der Waals surface area contributed by atoms with Gasteiger partial charge in [-0.25, -0.2) is 4.98 Å². The van der Waals surface area contributed by atoms with E-state index in [1.807, 2.05) is 12.1 Å². The zero-order chi connectivity index (χ0) is 16.4. The molecule has 5 heteroatoms. The number of nitrogens with one attached hydrogen (secondary N) is 1. The Morgan fingerprint density at radius 2 is 1.96 bits per heavy atom. The van der Waals surface area contributed by atoms with Crippen LogP contribution in [0.3, 0.4) is 0 Å². The number of likely N-dealkylation sites (tertiary alicyclic amines) is 1. The van der Waals surface area contributed by atoms with E-state index in [0.717, 1.165) is 43.7 Å². The molecule has 0 radical (unpaired) electrons. The molecule has 0 saturated carbocycles. The summed E-state index contributed by atoms with van der Waals surface area (Å²) in [6.07, 6.45) is 7.35. The molecule has 2 heterocycles. The first-order valence-corrected chi connectivity index (χ1v) is 9.76. The van der Waals surface area contributed by atoms with E-state index in [4.69, 9.17) is 0 Å². The SMILES string of the molecule is O=C(Nc1nc(CN2CCCCC2)cs1)c1ccc2c(c1)CCC2. The van der Waals surface area contributed by atoms with Gasteiger partial charge in [-0.1, -0.05) is 12.5 Å². The third-order valence-electron chi connectivity index (χ3n) is 4.97. The Kier molecular flexibility index (Phi) is 4.63. The van der Waals surface area contributed by atoms with E-state index < -0.39 is 0 Å². The molecule has 2 aliphatic rings. The van der Waals surface area contributed by atoms with Crippen molar-refractivity contribution in [2.45, 2.75) is 45.1 Å². The number of hydrogen-bond acceptors (Lipinski definition) is 4. The minimum absolute atomic E-state index is 0.0522. The van der Waals surface area contributed by atoms with E-state index in [1.165, 1.54) is 48.1 Å². The van der Waals surface area contributed by atoms with Crippen molar-refractivity contribution in [1.82, 2.24) is 9.88 Å². The predicted molar refractivity (Wildman–Crippen MR) is 97.7 cm³/mol. The molecule has 0 spiro atoms. The minimum atomic E-state index is -0.0522. The molecule has 1 fully saturated rings. The number of benzene rings is 1. The highest BCUT2D eigenvalue weighted by atomic mass is 32.1. The highest BCUT2D eigenvalue weighted by Gasteiger charge is 2.16. The Morgan fingerprint density at radius 3 is 2.83 bits per heavy atom. The lowest BCUT2D eigenvalue weighted by Crippen LogP contribution is -2.29. The summed E-state index contributed by atoms with van der Waals surface area (Å²) in [7, 11) is 0. The van der Waals surface area contributed by atoms with E-state index in [-0.39, 0.29) is 5.91 Å². The van der Waals surface area contributed by atoms with Gasteiger partial charge in [0, 0.05) is 17.5 Å². The van der Waals surface area contributed by atoms with Gasteiger partial charge in [0.25, 0.3) is 5.91 Å². The molecule has 4 nitrogen and oxygen atoms in total. The van der Waals surface area contributed by atoms with Crippen LogP contribution in [0.2, 0.25) is 0 Å². The highest BCUT2D eigenvalue weighted by molar-refractivity contribution is 7.13. The molecule has 4 rings (SSSR count). The van der Waals surface area contributed by atoms with Gasteiger partial charge in [-0.05, 0) is 68.5 Å². The summed E-state index contributed by atoms with van der Waals surface area (Å²) in [6, 6.07) is 6.07. The maximum atomic E-state index is 12.5. The summed E-state index contributed by atoms with van der Waals surface area (Å²) in [4.78, 5) is 19.5. The standard InChI is InChI=1S/C19H23N3OS/c23-18(16-8-7-14-5-4-6-15(14)11-16)21-19-20-17(13-24-19)12-22-9-2-1-3-10-22/h7-8,11,13H,1-6,9-10,12H2,(H,20,21,23). The Balaban J connectivity index is 1.39. The number of carbonyl (C=O) groups excluding carboxylic acids is 1. The topological polar surface area (TPSA) is 45.2 Å². The zero-order valence-corrected chi connectivity index (χ0v) is 14.7. The van der Waals surface area contributed by atoms with Crippen LogP contribution in [0.4, 0.5) is 5.13 Å². The molecule has 0 unspecified atom stereocenters. The molecule has 1 aliphatic carbocycles. The number of amides is 1. The number of piperidine rings is 1. The van der Waals surface area contributed by atoms with Gasteiger partial charge in [0.15, 0.2) is 5.13 Å². The predicted octanol–water partition coefficient (Wildman–Crippen LogP) is 3.87. The Morgan fingerprint density at radius 1 is 1.12 bits per heavy atom. The third kappa shape index (κ3) is 3.52. The second-order valence-electron chi connectivity index (χ2n) is 6.77. The van der Waals surface area contributed by atoms with E-state index in [9.17, 15) is 4.79 Å². The molecule has 126 valence electrons. The van der Waals surface area contributed by atoms with Crippen LogP contribution in [-0.4, -0.2) is 28.9 Å². The van der Waals surface area contributed by atoms with Crippen LogP contribution in [0.15, 0.2) is 23.6 Å². The molecule has 1 aromatic carbocycles. The van der Waals surface area contributed by atoms with Crippen LogP contribution in [0.1, 0.15) is 52.9 Å². The van der Waals surface area contributed by atoms with Crippen molar-refractivity contribution in [3.8, 4) is 0 Å². The van der Waals surface area contributed by atoms with Crippen molar-refractivity contribution < 1.29 is 4.79 Å². The largest absolute Gasteiger partial charge is 0.298 e. The van der Waals surface area contributed by atoms with Crippen molar-refractivity contribution in [2.24, 2.45) is 0 Å². The number of fused-ring (bicyclic) bond motifs is 1. The fourth-order valence-corrected chi connectivity index (χ4v) is 4.36. The molecule has 24 heavy (non-hydrogen) atoms. The average molecular weight is 341 g/mol. The van der Waals surface area contributed by atoms with Gasteiger partial charge in [-0.3, -0.25) is 15.0 Å². The number of anilines is 1. The van der Waals surface area contributed by atoms with Crippen molar-refractivity contribution in [2.75, 3.05) is 18.4 Å². The summed E-state index contributed by atoms with van der Waals surface area (Å²) < 4.78 is 0. The number of thiazole rings is 1. The maximum absolute atomic E-state index is 12.5. The molecular formula is C19H23N3OS. The second kappa shape index (κ2) is 7.03. The Bertz CT molecular complexity index is 734. The summed E-state index contributed by atoms with van der Waals surface area (Å²) in [5.41, 5.74) is 4.52. The number of carbonyl (C=O) groups is 1. The average Bonchev–Trinajstić information content (AvgIpc) is 3.24. The quantitative estimate of drug-likeness (QED) is 0.918. The van der Waals surface area contributed by atoms with Gasteiger partial charge < -0.3 is 0 Å². The molecule has 1 aromatic heterocycles. The van der Waals surface area contributed by atoms with Crippen molar-refractivity contribution >= 4 is 22.4 Å². The van der Waals surface area contributed by atoms with E-state index in [1.54, 1.807) is 0 Å². The molecule has 1 saturated heterocycles. The van der Waals surface area contributed by atoms with Gasteiger partial charge >= 0.3 is 0 Å². The molecule has 1 amide bonds. The third-order valence-corrected chi connectivity index (χ3v) is 5.77. The monoisotopic (exact) mass is 341 g/mol. The summed E-state index contributed by atoms with van der Waals surface area (Å²) in [5.74, 6) is -0.0522. The van der Waals surface area contributed by atoms with Crippen molar-refractivity contribution in [1.29, 1.82) is 0 Å². The fraction of sp³-hybridized carbons (Fsp3) is 0.474. The smallest absolute Gasteiger partial charge is 0.257 e. The summed E-state index contributed by atoms with van der Waals surface area (Å²) in [5, 5.41) is 5.72. The Hall–Kier alpha value is -1.72. The number of aromatic nitrogens is 1. The first kappa shape index (κ1) is 15.8. The van der Waals surface area contributed by atoms with Crippen LogP contribution in [0.5, 0.6) is 0 Å². The Labute approximate surface area is 146 Å². The van der Waals surface area contributed by atoms with E-state index in [2.05, 4.69) is 26.6 Å². The lowest BCUT2D eigenvalue weighted by molar-refractivity contribution is 0.102. The van der Waals surface area contributed by atoms with Gasteiger partial charge in [0.1, 0.15) is 0 Å². The minimum Gasteiger partial charge on any atom is -0.298 e. The van der Waals surface area contributed by atoms with E-state index >= 15 is 0 Å². The lowest BCUT2D eigenvalue weighted by Gasteiger charge is -2.25. The first-order valence-electron chi connectivity index (χ1n) is 8.88. The molecule has 1 N–H and O–H groups in total. The zero-order valence-electron chi connectivity index (χ0n) is 13.9. The summed E-state index contributed by atoms with van der Waals surface area (Å²) in [6.45, 7) is 3.22.